The number of carbonyl (C=O) groups excluding carboxylic acids is 1. The third-order valence-electron chi connectivity index (χ3n) is 4.35. The molecule has 1 amide bonds. The van der Waals surface area contributed by atoms with Crippen LogP contribution in [0.1, 0.15) is 10.4 Å². The molecule has 0 aromatic heterocycles. The number of hydrogen-bond acceptors (Lipinski definition) is 4. The summed E-state index contributed by atoms with van der Waals surface area (Å²) in [5, 5.41) is 0.567. The molecular weight excluding hydrogens is 443 g/mol. The molecule has 0 aliphatic carbocycles. The third-order valence-corrected chi connectivity index (χ3v) is 5.98. The number of carbonyl (C=O) groups is 1. The van der Waals surface area contributed by atoms with E-state index in [0.717, 1.165) is 12.1 Å². The predicted octanol–water partition coefficient (Wildman–Crippen LogP) is 4.43. The number of ether oxygens (including phenoxy) is 1. The van der Waals surface area contributed by atoms with Gasteiger partial charge < -0.3 is 9.64 Å². The van der Waals surface area contributed by atoms with Gasteiger partial charge in [-0.05, 0) is 66.7 Å². The van der Waals surface area contributed by atoms with Crippen LogP contribution in [0.5, 0.6) is 5.75 Å². The zero-order chi connectivity index (χ0) is 22.4. The first-order chi connectivity index (χ1) is 14.7. The number of rotatable bonds is 8. The van der Waals surface area contributed by atoms with E-state index in [-0.39, 0.29) is 23.1 Å². The molecule has 0 heterocycles. The zero-order valence-electron chi connectivity index (χ0n) is 16.6. The Labute approximate surface area is 185 Å². The van der Waals surface area contributed by atoms with Gasteiger partial charge in [-0.1, -0.05) is 17.7 Å². The van der Waals surface area contributed by atoms with E-state index in [1.807, 2.05) is 0 Å². The fourth-order valence-electron chi connectivity index (χ4n) is 2.69. The number of likely N-dealkylation sites (N-methyl/N-ethyl adjacent to an activating group) is 1. The van der Waals surface area contributed by atoms with Crippen molar-refractivity contribution in [3.8, 4) is 5.75 Å². The average Bonchev–Trinajstić information content (AvgIpc) is 2.74. The molecule has 0 saturated carbocycles. The molecular formula is C22H20ClFN2O4S. The van der Waals surface area contributed by atoms with Crippen LogP contribution >= 0.6 is 11.6 Å². The summed E-state index contributed by atoms with van der Waals surface area (Å²) < 4.78 is 45.7. The highest BCUT2D eigenvalue weighted by atomic mass is 35.5. The van der Waals surface area contributed by atoms with Crippen LogP contribution in [0.4, 0.5) is 10.1 Å². The molecule has 3 aromatic carbocycles. The summed E-state index contributed by atoms with van der Waals surface area (Å²) in [4.78, 5) is 14.0. The van der Waals surface area contributed by atoms with E-state index in [1.165, 1.54) is 41.3 Å². The highest BCUT2D eigenvalue weighted by molar-refractivity contribution is 7.92. The molecule has 0 aliphatic rings. The number of nitrogens with one attached hydrogen (secondary N) is 1. The van der Waals surface area contributed by atoms with Crippen LogP contribution in [-0.4, -0.2) is 39.4 Å². The van der Waals surface area contributed by atoms with E-state index >= 15 is 0 Å². The topological polar surface area (TPSA) is 75.7 Å². The van der Waals surface area contributed by atoms with Crippen molar-refractivity contribution in [2.75, 3.05) is 24.9 Å². The van der Waals surface area contributed by atoms with Gasteiger partial charge >= 0.3 is 0 Å². The quantitative estimate of drug-likeness (QED) is 0.537. The Balaban J connectivity index is 1.57. The maximum atomic E-state index is 13.0. The normalized spacial score (nSPS) is 11.1. The van der Waals surface area contributed by atoms with Gasteiger partial charge in [-0.25, -0.2) is 12.8 Å². The van der Waals surface area contributed by atoms with Crippen molar-refractivity contribution in [2.24, 2.45) is 0 Å². The molecule has 1 N–H and O–H groups in total. The van der Waals surface area contributed by atoms with Gasteiger partial charge in [0.1, 0.15) is 18.2 Å². The summed E-state index contributed by atoms with van der Waals surface area (Å²) in [5.41, 5.74) is 0.683. The standard InChI is InChI=1S/C22H20ClFN2O4S/c1-26(13-14-30-20-4-2-3-17(23)15-20)22(27)16-5-9-19(10-6-16)25-31(28,29)21-11-7-18(24)8-12-21/h2-12,15,25H,13-14H2,1H3. The number of sulfonamides is 1. The lowest BCUT2D eigenvalue weighted by atomic mass is 10.2. The zero-order valence-corrected chi connectivity index (χ0v) is 18.2. The minimum atomic E-state index is -3.86. The van der Waals surface area contributed by atoms with Gasteiger partial charge in [-0.2, -0.15) is 0 Å². The lowest BCUT2D eigenvalue weighted by Crippen LogP contribution is -2.30. The molecule has 3 rings (SSSR count). The van der Waals surface area contributed by atoms with Crippen LogP contribution in [0.3, 0.4) is 0 Å². The van der Waals surface area contributed by atoms with E-state index in [4.69, 9.17) is 16.3 Å². The summed E-state index contributed by atoms with van der Waals surface area (Å²) in [6.07, 6.45) is 0. The molecule has 3 aromatic rings. The monoisotopic (exact) mass is 462 g/mol. The second-order valence-electron chi connectivity index (χ2n) is 6.67. The van der Waals surface area contributed by atoms with Crippen molar-refractivity contribution in [2.45, 2.75) is 4.90 Å². The highest BCUT2D eigenvalue weighted by Crippen LogP contribution is 2.19. The smallest absolute Gasteiger partial charge is 0.261 e. The number of halogens is 2. The van der Waals surface area contributed by atoms with Crippen LogP contribution in [0.15, 0.2) is 77.7 Å². The Bertz CT molecular complexity index is 1150. The molecule has 0 spiro atoms. The Kier molecular flexibility index (Phi) is 7.14. The molecule has 0 atom stereocenters. The predicted molar refractivity (Wildman–Crippen MR) is 118 cm³/mol. The Morgan fingerprint density at radius 3 is 2.39 bits per heavy atom. The van der Waals surface area contributed by atoms with Crippen LogP contribution < -0.4 is 9.46 Å². The molecule has 31 heavy (non-hydrogen) atoms. The summed E-state index contributed by atoms with van der Waals surface area (Å²) in [5.74, 6) is -0.141. The van der Waals surface area contributed by atoms with Crippen molar-refractivity contribution in [1.82, 2.24) is 4.90 Å². The minimum absolute atomic E-state index is 0.0616. The first kappa shape index (κ1) is 22.6. The fourth-order valence-corrected chi connectivity index (χ4v) is 3.93. The molecule has 0 fully saturated rings. The first-order valence-electron chi connectivity index (χ1n) is 9.27. The van der Waals surface area contributed by atoms with Crippen LogP contribution in [0.25, 0.3) is 0 Å². The average molecular weight is 463 g/mol. The number of hydrogen-bond donors (Lipinski definition) is 1. The Morgan fingerprint density at radius 2 is 1.74 bits per heavy atom. The summed E-state index contributed by atoms with van der Waals surface area (Å²) >= 11 is 5.91. The minimum Gasteiger partial charge on any atom is -0.492 e. The largest absolute Gasteiger partial charge is 0.492 e. The SMILES string of the molecule is CN(CCOc1cccc(Cl)c1)C(=O)c1ccc(NS(=O)(=O)c2ccc(F)cc2)cc1. The maximum absolute atomic E-state index is 13.0. The van der Waals surface area contributed by atoms with Crippen LogP contribution in [0, 0.1) is 5.82 Å². The Morgan fingerprint density at radius 1 is 1.06 bits per heavy atom. The fraction of sp³-hybridized carbons (Fsp3) is 0.136. The molecule has 0 bridgehead atoms. The number of benzene rings is 3. The van der Waals surface area contributed by atoms with Gasteiger partial charge in [0, 0.05) is 23.3 Å². The van der Waals surface area contributed by atoms with Crippen molar-refractivity contribution >= 4 is 33.2 Å². The summed E-state index contributed by atoms with van der Waals surface area (Å²) in [6.45, 7) is 0.641. The highest BCUT2D eigenvalue weighted by Gasteiger charge is 2.16. The molecule has 0 aliphatic heterocycles. The van der Waals surface area contributed by atoms with E-state index < -0.39 is 15.8 Å². The van der Waals surface area contributed by atoms with Gasteiger partial charge in [-0.3, -0.25) is 9.52 Å². The lowest BCUT2D eigenvalue weighted by Gasteiger charge is -2.18. The number of amides is 1. The van der Waals surface area contributed by atoms with Crippen molar-refractivity contribution < 1.29 is 22.3 Å². The summed E-state index contributed by atoms with van der Waals surface area (Å²) in [6, 6.07) is 17.5. The third kappa shape index (κ3) is 6.19. The van der Waals surface area contributed by atoms with Crippen molar-refractivity contribution in [3.05, 3.63) is 89.2 Å². The van der Waals surface area contributed by atoms with Gasteiger partial charge in [0.25, 0.3) is 15.9 Å². The Hall–Kier alpha value is -3.10. The van der Waals surface area contributed by atoms with Gasteiger partial charge in [0.05, 0.1) is 11.4 Å². The van der Waals surface area contributed by atoms with Gasteiger partial charge in [-0.15, -0.1) is 0 Å². The molecule has 6 nitrogen and oxygen atoms in total. The molecule has 9 heteroatoms. The molecule has 0 radical (unpaired) electrons. The van der Waals surface area contributed by atoms with E-state index in [1.54, 1.807) is 31.3 Å². The second kappa shape index (κ2) is 9.80. The molecule has 162 valence electrons. The van der Waals surface area contributed by atoms with Crippen LogP contribution in [0.2, 0.25) is 5.02 Å². The molecule has 0 unspecified atom stereocenters. The van der Waals surface area contributed by atoms with E-state index in [0.29, 0.717) is 22.9 Å². The lowest BCUT2D eigenvalue weighted by molar-refractivity contribution is 0.0774. The maximum Gasteiger partial charge on any atom is 0.261 e. The number of anilines is 1. The number of nitrogens with zero attached hydrogens (tertiary/aromatic N) is 1. The molecule has 0 saturated heterocycles. The van der Waals surface area contributed by atoms with Gasteiger partial charge in [0.2, 0.25) is 0 Å². The van der Waals surface area contributed by atoms with Crippen LogP contribution in [-0.2, 0) is 10.0 Å². The van der Waals surface area contributed by atoms with Crippen molar-refractivity contribution in [3.63, 3.8) is 0 Å². The van der Waals surface area contributed by atoms with E-state index in [9.17, 15) is 17.6 Å². The first-order valence-corrected chi connectivity index (χ1v) is 11.1. The second-order valence-corrected chi connectivity index (χ2v) is 8.79. The van der Waals surface area contributed by atoms with E-state index in [2.05, 4.69) is 4.72 Å². The van der Waals surface area contributed by atoms with Crippen molar-refractivity contribution in [1.29, 1.82) is 0 Å². The van der Waals surface area contributed by atoms with Gasteiger partial charge in [0.15, 0.2) is 0 Å². The summed E-state index contributed by atoms with van der Waals surface area (Å²) in [7, 11) is -2.21.